The van der Waals surface area contributed by atoms with Crippen molar-refractivity contribution in [1.29, 1.82) is 0 Å². The molecule has 0 aliphatic heterocycles. The summed E-state index contributed by atoms with van der Waals surface area (Å²) in [6.07, 6.45) is -52.7. The molecule has 16 heteroatoms. The van der Waals surface area contributed by atoms with Gasteiger partial charge in [-0.15, -0.1) is 0 Å². The predicted octanol–water partition coefficient (Wildman–Crippen LogP) is 6.64. The standard InChI is InChI=1S/C26H26F16/c27-11-3-1(4-8(7(3)15(31)23(39)19(11)35)16(32)24(40)20(36)12(4)28)2-5-9(17(33)25(41)21(37)13(5)29)10-6(2)14(30)22(38)26(42)18(10)34/h1-26H. The van der Waals surface area contributed by atoms with Crippen molar-refractivity contribution in [2.45, 2.75) is 98.7 Å². The van der Waals surface area contributed by atoms with Crippen LogP contribution in [0.15, 0.2) is 0 Å². The number of hydrogen-bond acceptors (Lipinski definition) is 0. The molecule has 6 saturated carbocycles. The van der Waals surface area contributed by atoms with Gasteiger partial charge in [-0.2, -0.15) is 0 Å². The van der Waals surface area contributed by atoms with Crippen molar-refractivity contribution in [3.8, 4) is 0 Å². The monoisotopic (exact) mass is 642 g/mol. The summed E-state index contributed by atoms with van der Waals surface area (Å²) >= 11 is 0. The van der Waals surface area contributed by atoms with Crippen LogP contribution in [-0.4, -0.2) is 98.7 Å². The van der Waals surface area contributed by atoms with Gasteiger partial charge in [-0.25, -0.2) is 70.2 Å². The summed E-state index contributed by atoms with van der Waals surface area (Å²) in [4.78, 5) is 0. The number of hydrogen-bond donors (Lipinski definition) is 0. The fraction of sp³-hybridized carbons (Fsp3) is 1.00. The topological polar surface area (TPSA) is 0 Å². The summed E-state index contributed by atoms with van der Waals surface area (Å²) in [6.45, 7) is 0. The SMILES string of the molecule is FC1C(F)C(F)C2C(C1F)C1C(F)C(F)C(F)C(F)C1C2C1C2C(F)C(F)C(F)C(F)C2C2C(F)C(F)C(F)C(F)C21. The lowest BCUT2D eigenvalue weighted by molar-refractivity contribution is -0.116. The number of rotatable bonds is 1. The van der Waals surface area contributed by atoms with Crippen LogP contribution in [0.3, 0.4) is 0 Å². The Hall–Kier alpha value is -1.12. The molecule has 0 nitrogen and oxygen atoms in total. The fourth-order valence-corrected chi connectivity index (χ4v) is 10.1. The molecule has 24 unspecified atom stereocenters. The predicted molar refractivity (Wildman–Crippen MR) is 113 cm³/mol. The molecule has 0 N–H and O–H groups in total. The highest BCUT2D eigenvalue weighted by Gasteiger charge is 2.78. The van der Waals surface area contributed by atoms with Crippen LogP contribution in [-0.2, 0) is 0 Å². The summed E-state index contributed by atoms with van der Waals surface area (Å²) in [7, 11) is 0. The van der Waals surface area contributed by atoms with Crippen LogP contribution in [0, 0.1) is 59.2 Å². The highest BCUT2D eigenvalue weighted by atomic mass is 19.2. The van der Waals surface area contributed by atoms with Crippen LogP contribution >= 0.6 is 0 Å². The summed E-state index contributed by atoms with van der Waals surface area (Å²) in [5.41, 5.74) is 0. The normalized spacial score (nSPS) is 68.0. The summed E-state index contributed by atoms with van der Waals surface area (Å²) in [6, 6.07) is 0. The Morgan fingerprint density at radius 3 is 0.333 bits per heavy atom. The maximum atomic E-state index is 15.6. The molecular formula is C26H26F16. The quantitative estimate of drug-likeness (QED) is 0.282. The van der Waals surface area contributed by atoms with Crippen molar-refractivity contribution in [2.75, 3.05) is 0 Å². The molecule has 0 bridgehead atoms. The first-order valence-corrected chi connectivity index (χ1v) is 13.8. The molecule has 42 heavy (non-hydrogen) atoms. The van der Waals surface area contributed by atoms with Gasteiger partial charge in [0.05, 0.1) is 0 Å². The minimum atomic E-state index is -3.38. The van der Waals surface area contributed by atoms with Crippen LogP contribution in [0.5, 0.6) is 0 Å². The third-order valence-corrected chi connectivity index (χ3v) is 11.5. The van der Waals surface area contributed by atoms with E-state index in [-0.39, 0.29) is 0 Å². The van der Waals surface area contributed by atoms with E-state index in [0.717, 1.165) is 0 Å². The van der Waals surface area contributed by atoms with Gasteiger partial charge in [-0.1, -0.05) is 0 Å². The molecule has 6 fully saturated rings. The van der Waals surface area contributed by atoms with Crippen molar-refractivity contribution in [3.63, 3.8) is 0 Å². The van der Waals surface area contributed by atoms with Gasteiger partial charge >= 0.3 is 0 Å². The maximum absolute atomic E-state index is 15.6. The minimum absolute atomic E-state index is 2.48. The Labute approximate surface area is 228 Å². The summed E-state index contributed by atoms with van der Waals surface area (Å²) in [5.74, 6) is -25.1. The molecule has 0 aromatic rings. The van der Waals surface area contributed by atoms with E-state index in [4.69, 9.17) is 0 Å². The summed E-state index contributed by atoms with van der Waals surface area (Å²) in [5, 5.41) is 0. The average molecular weight is 642 g/mol. The molecule has 0 saturated heterocycles. The molecule has 0 spiro atoms. The van der Waals surface area contributed by atoms with E-state index in [9.17, 15) is 35.1 Å². The molecule has 0 aromatic carbocycles. The van der Waals surface area contributed by atoms with E-state index in [2.05, 4.69) is 0 Å². The first-order chi connectivity index (χ1) is 19.6. The van der Waals surface area contributed by atoms with Crippen molar-refractivity contribution < 1.29 is 70.2 Å². The number of alkyl halides is 16. The minimum Gasteiger partial charge on any atom is -0.244 e. The Morgan fingerprint density at radius 1 is 0.119 bits per heavy atom. The smallest absolute Gasteiger partial charge is 0.165 e. The first kappa shape index (κ1) is 30.9. The largest absolute Gasteiger partial charge is 0.244 e. The third kappa shape index (κ3) is 3.69. The van der Waals surface area contributed by atoms with Gasteiger partial charge in [0, 0.05) is 47.3 Å². The van der Waals surface area contributed by atoms with Crippen LogP contribution < -0.4 is 0 Å². The lowest BCUT2D eigenvalue weighted by Crippen LogP contribution is -2.56. The van der Waals surface area contributed by atoms with Gasteiger partial charge in [-0.05, 0) is 11.8 Å². The molecule has 0 heterocycles. The highest BCUT2D eigenvalue weighted by molar-refractivity contribution is 5.23. The lowest BCUT2D eigenvalue weighted by Gasteiger charge is -2.47. The van der Waals surface area contributed by atoms with Crippen molar-refractivity contribution in [3.05, 3.63) is 0 Å². The molecule has 6 rings (SSSR count). The van der Waals surface area contributed by atoms with Crippen molar-refractivity contribution in [2.24, 2.45) is 59.2 Å². The second-order valence-corrected chi connectivity index (χ2v) is 12.9. The molecule has 6 aliphatic carbocycles. The van der Waals surface area contributed by atoms with E-state index >= 15 is 35.1 Å². The van der Waals surface area contributed by atoms with Crippen molar-refractivity contribution >= 4 is 0 Å². The maximum Gasteiger partial charge on any atom is 0.165 e. The zero-order valence-electron chi connectivity index (χ0n) is 21.1. The number of fused-ring (bicyclic) bond motifs is 6. The van der Waals surface area contributed by atoms with E-state index in [1.807, 2.05) is 0 Å². The van der Waals surface area contributed by atoms with Gasteiger partial charge in [0.1, 0.15) is 49.4 Å². The van der Waals surface area contributed by atoms with Gasteiger partial charge < -0.3 is 0 Å². The molecule has 242 valence electrons. The first-order valence-electron chi connectivity index (χ1n) is 13.8. The van der Waals surface area contributed by atoms with Crippen LogP contribution in [0.4, 0.5) is 70.2 Å². The second-order valence-electron chi connectivity index (χ2n) is 12.9. The summed E-state index contributed by atoms with van der Waals surface area (Å²) < 4.78 is 240. The van der Waals surface area contributed by atoms with Gasteiger partial charge in [0.25, 0.3) is 0 Å². The Morgan fingerprint density at radius 2 is 0.214 bits per heavy atom. The van der Waals surface area contributed by atoms with Gasteiger partial charge in [0.2, 0.25) is 0 Å². The highest BCUT2D eigenvalue weighted by Crippen LogP contribution is 2.70. The van der Waals surface area contributed by atoms with Crippen LogP contribution in [0.25, 0.3) is 0 Å². The average Bonchev–Trinajstić information content (AvgIpc) is 3.50. The molecule has 6 aliphatic rings. The zero-order valence-corrected chi connectivity index (χ0v) is 21.1. The zero-order chi connectivity index (χ0) is 31.0. The van der Waals surface area contributed by atoms with E-state index in [1.54, 1.807) is 0 Å². The second kappa shape index (κ2) is 10.2. The molecule has 0 aromatic heterocycles. The Kier molecular flexibility index (Phi) is 7.50. The fourth-order valence-electron chi connectivity index (χ4n) is 10.1. The third-order valence-electron chi connectivity index (χ3n) is 11.5. The molecule has 0 radical (unpaired) electrons. The van der Waals surface area contributed by atoms with E-state index in [1.165, 1.54) is 0 Å². The van der Waals surface area contributed by atoms with E-state index < -0.39 is 158 Å². The van der Waals surface area contributed by atoms with E-state index in [0.29, 0.717) is 0 Å². The van der Waals surface area contributed by atoms with Gasteiger partial charge in [-0.3, -0.25) is 0 Å². The van der Waals surface area contributed by atoms with Crippen LogP contribution in [0.1, 0.15) is 0 Å². The molecule has 24 atom stereocenters. The lowest BCUT2D eigenvalue weighted by atomic mass is 9.61. The Bertz CT molecular complexity index is 867. The molecule has 0 amide bonds. The van der Waals surface area contributed by atoms with Gasteiger partial charge in [0.15, 0.2) is 49.4 Å². The van der Waals surface area contributed by atoms with Crippen LogP contribution in [0.2, 0.25) is 0 Å². The Balaban J connectivity index is 1.57. The molecular weight excluding hydrogens is 616 g/mol. The number of halogens is 16. The van der Waals surface area contributed by atoms with Crippen molar-refractivity contribution in [1.82, 2.24) is 0 Å².